The first kappa shape index (κ1) is 15.1. The topological polar surface area (TPSA) is 67.4 Å². The van der Waals surface area contributed by atoms with Gasteiger partial charge >= 0.3 is 0 Å². The quantitative estimate of drug-likeness (QED) is 0.898. The monoisotopic (exact) mass is 304 g/mol. The van der Waals surface area contributed by atoms with Crippen LogP contribution in [0.15, 0.2) is 12.4 Å². The summed E-state index contributed by atoms with van der Waals surface area (Å²) in [7, 11) is 1.60. The van der Waals surface area contributed by atoms with Crippen LogP contribution in [-0.2, 0) is 4.79 Å². The average Bonchev–Trinajstić information content (AvgIpc) is 3.19. The smallest absolute Gasteiger partial charge is 0.257 e. The number of nitrogens with zero attached hydrogens (tertiary/aromatic N) is 3. The fraction of sp³-hybridized carbons (Fsp3) is 0.688. The van der Waals surface area contributed by atoms with E-state index in [4.69, 9.17) is 4.74 Å². The molecular weight excluding hydrogens is 280 g/mol. The molecule has 1 aromatic heterocycles. The highest BCUT2D eigenvalue weighted by Crippen LogP contribution is 2.28. The molecule has 1 aliphatic heterocycles. The lowest BCUT2D eigenvalue weighted by Gasteiger charge is -2.19. The maximum Gasteiger partial charge on any atom is 0.257 e. The fourth-order valence-corrected chi connectivity index (χ4v) is 3.51. The molecule has 1 aliphatic carbocycles. The highest BCUT2D eigenvalue weighted by Gasteiger charge is 2.28. The number of ether oxygens (including phenoxy) is 1. The molecule has 1 saturated carbocycles. The van der Waals surface area contributed by atoms with Gasteiger partial charge in [0, 0.05) is 37.9 Å². The second-order valence-corrected chi connectivity index (χ2v) is 6.24. The zero-order chi connectivity index (χ0) is 15.4. The average molecular weight is 304 g/mol. The van der Waals surface area contributed by atoms with Crippen molar-refractivity contribution in [1.29, 1.82) is 0 Å². The number of amides is 1. The lowest BCUT2D eigenvalue weighted by Crippen LogP contribution is -2.37. The zero-order valence-corrected chi connectivity index (χ0v) is 13.1. The summed E-state index contributed by atoms with van der Waals surface area (Å²) in [6.45, 7) is 1.63. The molecule has 6 nitrogen and oxygen atoms in total. The molecule has 6 heteroatoms. The van der Waals surface area contributed by atoms with Crippen LogP contribution in [0.25, 0.3) is 0 Å². The van der Waals surface area contributed by atoms with Gasteiger partial charge in [0.2, 0.25) is 5.91 Å². The Morgan fingerprint density at radius 1 is 1.32 bits per heavy atom. The molecule has 1 saturated heterocycles. The van der Waals surface area contributed by atoms with E-state index in [-0.39, 0.29) is 11.9 Å². The van der Waals surface area contributed by atoms with Crippen molar-refractivity contribution in [2.24, 2.45) is 5.92 Å². The Bertz CT molecular complexity index is 517. The Hall–Kier alpha value is -1.85. The molecule has 0 unspecified atom stereocenters. The van der Waals surface area contributed by atoms with E-state index in [0.717, 1.165) is 25.3 Å². The van der Waals surface area contributed by atoms with E-state index in [0.29, 0.717) is 18.2 Å². The van der Waals surface area contributed by atoms with Crippen LogP contribution < -0.4 is 15.0 Å². The van der Waals surface area contributed by atoms with E-state index >= 15 is 0 Å². The fourth-order valence-electron chi connectivity index (χ4n) is 3.51. The van der Waals surface area contributed by atoms with Gasteiger partial charge < -0.3 is 15.0 Å². The molecule has 0 bridgehead atoms. The third-order valence-corrected chi connectivity index (χ3v) is 4.64. The number of nitrogens with one attached hydrogen (secondary N) is 1. The summed E-state index contributed by atoms with van der Waals surface area (Å²) in [6.07, 6.45) is 9.90. The molecule has 2 aliphatic rings. The van der Waals surface area contributed by atoms with Gasteiger partial charge in [-0.3, -0.25) is 4.79 Å². The van der Waals surface area contributed by atoms with Crippen LogP contribution in [0, 0.1) is 5.92 Å². The van der Waals surface area contributed by atoms with E-state index in [1.807, 2.05) is 0 Å². The SMILES string of the molecule is COc1nccnc1N1CC[C@H](NC(=O)CC2CCCC2)C1. The Balaban J connectivity index is 1.52. The van der Waals surface area contributed by atoms with Crippen LogP contribution in [0.4, 0.5) is 5.82 Å². The molecule has 22 heavy (non-hydrogen) atoms. The lowest BCUT2D eigenvalue weighted by molar-refractivity contribution is -0.122. The maximum atomic E-state index is 12.1. The van der Waals surface area contributed by atoms with Gasteiger partial charge in [-0.1, -0.05) is 12.8 Å². The second kappa shape index (κ2) is 6.94. The first-order chi connectivity index (χ1) is 10.8. The minimum atomic E-state index is 0.195. The Morgan fingerprint density at radius 3 is 2.86 bits per heavy atom. The van der Waals surface area contributed by atoms with Crippen molar-refractivity contribution in [3.05, 3.63) is 12.4 Å². The summed E-state index contributed by atoms with van der Waals surface area (Å²) in [4.78, 5) is 22.8. The van der Waals surface area contributed by atoms with Gasteiger partial charge in [0.1, 0.15) is 0 Å². The molecule has 0 aromatic carbocycles. The first-order valence-electron chi connectivity index (χ1n) is 8.15. The van der Waals surface area contributed by atoms with E-state index in [9.17, 15) is 4.79 Å². The van der Waals surface area contributed by atoms with Crippen LogP contribution in [0.5, 0.6) is 5.88 Å². The Kier molecular flexibility index (Phi) is 4.75. The molecule has 0 radical (unpaired) electrons. The van der Waals surface area contributed by atoms with E-state index in [1.165, 1.54) is 25.7 Å². The number of hydrogen-bond acceptors (Lipinski definition) is 5. The summed E-state index contributed by atoms with van der Waals surface area (Å²) < 4.78 is 5.26. The number of rotatable bonds is 5. The Labute approximate surface area is 131 Å². The van der Waals surface area contributed by atoms with E-state index in [1.54, 1.807) is 19.5 Å². The van der Waals surface area contributed by atoms with Gasteiger partial charge in [-0.2, -0.15) is 0 Å². The largest absolute Gasteiger partial charge is 0.478 e. The number of anilines is 1. The molecule has 0 spiro atoms. The van der Waals surface area contributed by atoms with Gasteiger partial charge in [-0.25, -0.2) is 9.97 Å². The third kappa shape index (κ3) is 3.48. The summed E-state index contributed by atoms with van der Waals surface area (Å²) in [5.74, 6) is 2.10. The first-order valence-corrected chi connectivity index (χ1v) is 8.15. The molecule has 1 aromatic rings. The highest BCUT2D eigenvalue weighted by atomic mass is 16.5. The van der Waals surface area contributed by atoms with Crippen LogP contribution in [0.3, 0.4) is 0 Å². The van der Waals surface area contributed by atoms with Crippen molar-refractivity contribution >= 4 is 11.7 Å². The lowest BCUT2D eigenvalue weighted by atomic mass is 10.0. The molecule has 1 amide bonds. The predicted octanol–water partition coefficient (Wildman–Crippen LogP) is 1.76. The van der Waals surface area contributed by atoms with E-state index in [2.05, 4.69) is 20.2 Å². The molecule has 2 heterocycles. The van der Waals surface area contributed by atoms with Crippen molar-refractivity contribution in [2.75, 3.05) is 25.1 Å². The number of methoxy groups -OCH3 is 1. The van der Waals surface area contributed by atoms with Gasteiger partial charge in [0.05, 0.1) is 7.11 Å². The normalized spacial score (nSPS) is 22.0. The minimum absolute atomic E-state index is 0.195. The molecule has 1 atom stereocenters. The Morgan fingerprint density at radius 2 is 2.09 bits per heavy atom. The van der Waals surface area contributed by atoms with Crippen molar-refractivity contribution in [1.82, 2.24) is 15.3 Å². The minimum Gasteiger partial charge on any atom is -0.478 e. The van der Waals surface area contributed by atoms with Crippen molar-refractivity contribution in [3.63, 3.8) is 0 Å². The number of carbonyl (C=O) groups is 1. The molecule has 120 valence electrons. The molecule has 2 fully saturated rings. The van der Waals surface area contributed by atoms with Gasteiger partial charge in [-0.05, 0) is 25.2 Å². The highest BCUT2D eigenvalue weighted by molar-refractivity contribution is 5.76. The van der Waals surface area contributed by atoms with Crippen LogP contribution >= 0.6 is 0 Å². The second-order valence-electron chi connectivity index (χ2n) is 6.24. The summed E-state index contributed by atoms with van der Waals surface area (Å²) >= 11 is 0. The standard InChI is InChI=1S/C16H24N4O2/c1-22-16-15(17-7-8-18-16)20-9-6-13(11-20)19-14(21)10-12-4-2-3-5-12/h7-8,12-13H,2-6,9-11H2,1H3,(H,19,21)/t13-/m0/s1. The van der Waals surface area contributed by atoms with Gasteiger partial charge in [-0.15, -0.1) is 0 Å². The number of hydrogen-bond donors (Lipinski definition) is 1. The van der Waals surface area contributed by atoms with Gasteiger partial charge in [0.15, 0.2) is 5.82 Å². The predicted molar refractivity (Wildman–Crippen MR) is 83.9 cm³/mol. The van der Waals surface area contributed by atoms with E-state index < -0.39 is 0 Å². The summed E-state index contributed by atoms with van der Waals surface area (Å²) in [5, 5.41) is 3.17. The molecule has 1 N–H and O–H groups in total. The number of aromatic nitrogens is 2. The van der Waals surface area contributed by atoms with Crippen molar-refractivity contribution in [3.8, 4) is 5.88 Å². The number of carbonyl (C=O) groups excluding carboxylic acids is 1. The van der Waals surface area contributed by atoms with Crippen LogP contribution in [0.1, 0.15) is 38.5 Å². The summed E-state index contributed by atoms with van der Waals surface area (Å²) in [5.41, 5.74) is 0. The third-order valence-electron chi connectivity index (χ3n) is 4.64. The molecule has 3 rings (SSSR count). The summed E-state index contributed by atoms with van der Waals surface area (Å²) in [6, 6.07) is 0.195. The van der Waals surface area contributed by atoms with Crippen molar-refractivity contribution in [2.45, 2.75) is 44.6 Å². The van der Waals surface area contributed by atoms with Gasteiger partial charge in [0.25, 0.3) is 5.88 Å². The van der Waals surface area contributed by atoms with Crippen molar-refractivity contribution < 1.29 is 9.53 Å². The molecular formula is C16H24N4O2. The van der Waals surface area contributed by atoms with Crippen LogP contribution in [-0.4, -0.2) is 42.1 Å². The van der Waals surface area contributed by atoms with Crippen LogP contribution in [0.2, 0.25) is 0 Å². The maximum absolute atomic E-state index is 12.1. The zero-order valence-electron chi connectivity index (χ0n) is 13.1.